The minimum Gasteiger partial charge on any atom is -0.477 e. The van der Waals surface area contributed by atoms with Crippen molar-refractivity contribution in [2.24, 2.45) is 16.3 Å². The monoisotopic (exact) mass is 482 g/mol. The molecule has 6 heteroatoms. The molecule has 0 spiro atoms. The standard InChI is InChI=1S/C27H35N2O2PS/c1-19(2)23-18-31-25(28-23)24-16-22(17-29(24)26(30)27(3,4)5)32(33,20-12-8-6-9-13-20)21-14-10-7-11-15-21/h6-15,19,22-24H,16-18H2,1-5H3/t22-,23+,24-/m0/s1. The summed E-state index contributed by atoms with van der Waals surface area (Å²) in [5.41, 5.74) is -0.316. The number of hydrogen-bond acceptors (Lipinski definition) is 4. The molecule has 0 unspecified atom stereocenters. The lowest BCUT2D eigenvalue weighted by molar-refractivity contribution is -0.139. The van der Waals surface area contributed by atoms with Crippen LogP contribution in [0.2, 0.25) is 0 Å². The zero-order chi connectivity index (χ0) is 23.8. The van der Waals surface area contributed by atoms with Crippen LogP contribution in [0.25, 0.3) is 0 Å². The van der Waals surface area contributed by atoms with Gasteiger partial charge in [0, 0.05) is 23.7 Å². The van der Waals surface area contributed by atoms with Crippen molar-refractivity contribution in [1.29, 1.82) is 0 Å². The molecule has 176 valence electrons. The third-order valence-corrected chi connectivity index (χ3v) is 12.4. The summed E-state index contributed by atoms with van der Waals surface area (Å²) in [6, 6.07) is 18.8. The molecule has 0 radical (unpaired) electrons. The van der Waals surface area contributed by atoms with E-state index in [1.54, 1.807) is 0 Å². The Morgan fingerprint density at radius 1 is 1.06 bits per heavy atom. The van der Waals surface area contributed by atoms with Gasteiger partial charge < -0.3 is 9.64 Å². The zero-order valence-corrected chi connectivity index (χ0v) is 22.0. The first-order chi connectivity index (χ1) is 15.6. The van der Waals surface area contributed by atoms with Gasteiger partial charge in [-0.2, -0.15) is 0 Å². The first-order valence-electron chi connectivity index (χ1n) is 11.8. The first-order valence-corrected chi connectivity index (χ1v) is 14.7. The summed E-state index contributed by atoms with van der Waals surface area (Å²) in [4.78, 5) is 20.5. The Labute approximate surface area is 203 Å². The van der Waals surface area contributed by atoms with Gasteiger partial charge in [0.1, 0.15) is 12.6 Å². The average Bonchev–Trinajstić information content (AvgIpc) is 3.46. The number of rotatable bonds is 5. The van der Waals surface area contributed by atoms with E-state index < -0.39 is 11.5 Å². The van der Waals surface area contributed by atoms with Crippen LogP contribution in [0.3, 0.4) is 0 Å². The molecule has 1 fully saturated rings. The van der Waals surface area contributed by atoms with Crippen molar-refractivity contribution in [1.82, 2.24) is 4.90 Å². The van der Waals surface area contributed by atoms with Gasteiger partial charge in [0.15, 0.2) is 0 Å². The van der Waals surface area contributed by atoms with E-state index in [1.165, 1.54) is 10.6 Å². The van der Waals surface area contributed by atoms with Crippen LogP contribution in [-0.4, -0.2) is 47.6 Å². The van der Waals surface area contributed by atoms with Crippen molar-refractivity contribution in [3.63, 3.8) is 0 Å². The van der Waals surface area contributed by atoms with Gasteiger partial charge in [-0.15, -0.1) is 0 Å². The van der Waals surface area contributed by atoms with E-state index in [9.17, 15) is 4.79 Å². The van der Waals surface area contributed by atoms with E-state index in [-0.39, 0.29) is 23.6 Å². The fourth-order valence-electron chi connectivity index (χ4n) is 4.77. The number of nitrogens with zero attached hydrogens (tertiary/aromatic N) is 2. The molecule has 2 aromatic carbocycles. The lowest BCUT2D eigenvalue weighted by Crippen LogP contribution is -2.46. The van der Waals surface area contributed by atoms with Crippen molar-refractivity contribution in [3.8, 4) is 0 Å². The van der Waals surface area contributed by atoms with Gasteiger partial charge in [0.2, 0.25) is 11.8 Å². The molecule has 4 nitrogen and oxygen atoms in total. The molecule has 0 N–H and O–H groups in total. The highest BCUT2D eigenvalue weighted by atomic mass is 32.4. The molecule has 1 saturated heterocycles. The predicted molar refractivity (Wildman–Crippen MR) is 142 cm³/mol. The van der Waals surface area contributed by atoms with Crippen LogP contribution in [-0.2, 0) is 21.3 Å². The Balaban J connectivity index is 1.78. The molecule has 0 saturated carbocycles. The zero-order valence-electron chi connectivity index (χ0n) is 20.3. The summed E-state index contributed by atoms with van der Waals surface area (Å²) in [5.74, 6) is 1.26. The minimum atomic E-state index is -2.18. The first kappa shape index (κ1) is 24.2. The molecule has 3 atom stereocenters. The molecule has 0 aliphatic carbocycles. The number of amides is 1. The van der Waals surface area contributed by atoms with Crippen LogP contribution in [0.4, 0.5) is 0 Å². The summed E-state index contributed by atoms with van der Waals surface area (Å²) in [6.07, 6.45) is 0.784. The lowest BCUT2D eigenvalue weighted by atomic mass is 9.94. The summed E-state index contributed by atoms with van der Waals surface area (Å²) in [5, 5.41) is 2.41. The highest BCUT2D eigenvalue weighted by Gasteiger charge is 2.48. The Kier molecular flexibility index (Phi) is 6.85. The number of ether oxygens (including phenoxy) is 1. The van der Waals surface area contributed by atoms with Crippen LogP contribution in [0.1, 0.15) is 41.0 Å². The van der Waals surface area contributed by atoms with Gasteiger partial charge in [-0.1, -0.05) is 107 Å². The Morgan fingerprint density at radius 3 is 2.06 bits per heavy atom. The van der Waals surface area contributed by atoms with Gasteiger partial charge in [-0.3, -0.25) is 4.79 Å². The maximum Gasteiger partial charge on any atom is 0.228 e. The van der Waals surface area contributed by atoms with Gasteiger partial charge >= 0.3 is 0 Å². The Bertz CT molecular complexity index is 1020. The number of carbonyl (C=O) groups excluding carboxylic acids is 1. The van der Waals surface area contributed by atoms with Gasteiger partial charge in [0.05, 0.1) is 6.04 Å². The van der Waals surface area contributed by atoms with Crippen molar-refractivity contribution >= 4 is 40.3 Å². The van der Waals surface area contributed by atoms with E-state index in [1.807, 2.05) is 37.8 Å². The van der Waals surface area contributed by atoms with Crippen LogP contribution in [0, 0.1) is 11.3 Å². The fraction of sp³-hybridized carbons (Fsp3) is 0.481. The van der Waals surface area contributed by atoms with Crippen LogP contribution in [0.15, 0.2) is 65.7 Å². The molecule has 4 rings (SSSR count). The van der Waals surface area contributed by atoms with Gasteiger partial charge in [0.25, 0.3) is 0 Å². The number of likely N-dealkylation sites (tertiary alicyclic amines) is 1. The van der Waals surface area contributed by atoms with E-state index in [2.05, 4.69) is 62.4 Å². The van der Waals surface area contributed by atoms with Gasteiger partial charge in [-0.25, -0.2) is 4.99 Å². The molecule has 33 heavy (non-hydrogen) atoms. The van der Waals surface area contributed by atoms with Crippen molar-refractivity contribution in [3.05, 3.63) is 60.7 Å². The highest BCUT2D eigenvalue weighted by molar-refractivity contribution is 8.22. The molecule has 2 aliphatic heterocycles. The third kappa shape index (κ3) is 4.68. The molecule has 0 aromatic heterocycles. The minimum absolute atomic E-state index is 0.136. The number of aliphatic imine (C=N–C) groups is 1. The summed E-state index contributed by atoms with van der Waals surface area (Å²) in [7, 11) is 0. The molecule has 0 bridgehead atoms. The number of benzene rings is 2. The molecule has 2 heterocycles. The lowest BCUT2D eigenvalue weighted by Gasteiger charge is -2.31. The summed E-state index contributed by atoms with van der Waals surface area (Å²) >= 11 is 6.61. The topological polar surface area (TPSA) is 41.9 Å². The van der Waals surface area contributed by atoms with E-state index in [4.69, 9.17) is 21.5 Å². The molecule has 1 amide bonds. The Morgan fingerprint density at radius 2 is 1.61 bits per heavy atom. The van der Waals surface area contributed by atoms with Crippen LogP contribution >= 0.6 is 6.04 Å². The largest absolute Gasteiger partial charge is 0.477 e. The molecule has 2 aliphatic rings. The van der Waals surface area contributed by atoms with Crippen LogP contribution < -0.4 is 10.6 Å². The maximum atomic E-state index is 13.6. The van der Waals surface area contributed by atoms with Gasteiger partial charge in [-0.05, 0) is 22.9 Å². The number of hydrogen-bond donors (Lipinski definition) is 0. The summed E-state index contributed by atoms with van der Waals surface area (Å²) < 4.78 is 6.11. The van der Waals surface area contributed by atoms with Crippen LogP contribution in [0.5, 0.6) is 0 Å². The van der Waals surface area contributed by atoms with E-state index in [0.717, 1.165) is 12.3 Å². The molecular weight excluding hydrogens is 447 g/mol. The quantitative estimate of drug-likeness (QED) is 0.586. The maximum absolute atomic E-state index is 13.6. The highest BCUT2D eigenvalue weighted by Crippen LogP contribution is 2.54. The number of carbonyl (C=O) groups is 1. The predicted octanol–water partition coefficient (Wildman–Crippen LogP) is 4.59. The SMILES string of the molecule is CC(C)[C@H]1COC([C@@H]2C[C@H](P(=S)(c3ccccc3)c3ccccc3)CN2C(=O)C(C)(C)C)=N1. The van der Waals surface area contributed by atoms with E-state index >= 15 is 0 Å². The molecular formula is C27H35N2O2PS. The smallest absolute Gasteiger partial charge is 0.228 e. The van der Waals surface area contributed by atoms with Crippen molar-refractivity contribution in [2.75, 3.05) is 13.2 Å². The van der Waals surface area contributed by atoms with E-state index in [0.29, 0.717) is 19.1 Å². The average molecular weight is 483 g/mol. The fourth-order valence-corrected chi connectivity index (χ4v) is 9.23. The molecule has 2 aromatic rings. The second-order valence-corrected chi connectivity index (χ2v) is 15.3. The Hall–Kier alpha value is -1.97. The third-order valence-electron chi connectivity index (χ3n) is 6.72. The second kappa shape index (κ2) is 9.35. The second-order valence-electron chi connectivity index (χ2n) is 10.5. The normalized spacial score (nSPS) is 23.5. The van der Waals surface area contributed by atoms with Crippen molar-refractivity contribution in [2.45, 2.75) is 58.8 Å². The summed E-state index contributed by atoms with van der Waals surface area (Å²) in [6.45, 7) is 11.5. The van der Waals surface area contributed by atoms with Crippen molar-refractivity contribution < 1.29 is 9.53 Å².